The maximum atomic E-state index is 13.4. The van der Waals surface area contributed by atoms with Gasteiger partial charge in [-0.3, -0.25) is 0 Å². The smallest absolute Gasteiger partial charge is 0.339 e. The molecule has 8 heteroatoms. The van der Waals surface area contributed by atoms with Crippen molar-refractivity contribution in [1.29, 1.82) is 0 Å². The predicted octanol–water partition coefficient (Wildman–Crippen LogP) is 0.758. The molecule has 1 N–H and O–H groups in total. The highest BCUT2D eigenvalue weighted by atomic mass is 32.2. The lowest BCUT2D eigenvalue weighted by Crippen LogP contribution is -2.38. The van der Waals surface area contributed by atoms with Crippen molar-refractivity contribution >= 4 is 16.0 Å². The molecule has 1 heterocycles. The summed E-state index contributed by atoms with van der Waals surface area (Å²) in [5.74, 6) is -1.62. The second-order valence-electron chi connectivity index (χ2n) is 4.73. The molecule has 1 atom stereocenters. The van der Waals surface area contributed by atoms with Crippen LogP contribution in [0.25, 0.3) is 0 Å². The summed E-state index contributed by atoms with van der Waals surface area (Å²) in [5.41, 5.74) is -0.220. The quantitative estimate of drug-likeness (QED) is 0.829. The Hall–Kier alpha value is -1.51. The van der Waals surface area contributed by atoms with Crippen LogP contribution in [0.3, 0.4) is 0 Å². The van der Waals surface area contributed by atoms with Gasteiger partial charge in [0.15, 0.2) is 0 Å². The van der Waals surface area contributed by atoms with Crippen molar-refractivity contribution in [2.24, 2.45) is 0 Å². The first kappa shape index (κ1) is 15.9. The van der Waals surface area contributed by atoms with E-state index < -0.39 is 32.7 Å². The standard InChI is InChI=1S/C13H16FNO5S/c1-20-13(17)11-5-4-9(14)7-12(11)21(18,19)15-6-2-3-10(15)8-16/h4-5,7,10,16H,2-3,6,8H2,1H3/t10-/m1/s1. The van der Waals surface area contributed by atoms with Crippen LogP contribution in [0.4, 0.5) is 4.39 Å². The van der Waals surface area contributed by atoms with Crippen molar-refractivity contribution < 1.29 is 27.4 Å². The van der Waals surface area contributed by atoms with Crippen molar-refractivity contribution in [2.45, 2.75) is 23.8 Å². The lowest BCUT2D eigenvalue weighted by atomic mass is 10.2. The Morgan fingerprint density at radius 2 is 2.24 bits per heavy atom. The summed E-state index contributed by atoms with van der Waals surface area (Å²) in [5, 5.41) is 9.25. The van der Waals surface area contributed by atoms with E-state index in [-0.39, 0.29) is 18.7 Å². The highest BCUT2D eigenvalue weighted by Gasteiger charge is 2.37. The lowest BCUT2D eigenvalue weighted by molar-refractivity contribution is 0.0596. The van der Waals surface area contributed by atoms with Crippen LogP contribution < -0.4 is 0 Å². The van der Waals surface area contributed by atoms with E-state index in [0.717, 1.165) is 29.6 Å². The van der Waals surface area contributed by atoms with E-state index in [4.69, 9.17) is 0 Å². The van der Waals surface area contributed by atoms with E-state index in [2.05, 4.69) is 4.74 Å². The minimum Gasteiger partial charge on any atom is -0.465 e. The minimum atomic E-state index is -4.08. The van der Waals surface area contributed by atoms with Crippen LogP contribution in [0, 0.1) is 5.82 Å². The fourth-order valence-electron chi connectivity index (χ4n) is 2.42. The number of carbonyl (C=O) groups excluding carboxylic acids is 1. The Labute approximate surface area is 122 Å². The number of ether oxygens (including phenoxy) is 1. The van der Waals surface area contributed by atoms with Gasteiger partial charge in [0, 0.05) is 12.6 Å². The Morgan fingerprint density at radius 1 is 1.52 bits per heavy atom. The Bertz CT molecular complexity index is 646. The number of halogens is 1. The molecule has 1 aromatic carbocycles. The number of aliphatic hydroxyl groups is 1. The molecule has 0 saturated carbocycles. The van der Waals surface area contributed by atoms with Crippen molar-refractivity contribution in [3.05, 3.63) is 29.6 Å². The molecule has 0 aromatic heterocycles. The number of sulfonamides is 1. The number of carbonyl (C=O) groups is 1. The zero-order valence-corrected chi connectivity index (χ0v) is 12.3. The third-order valence-electron chi connectivity index (χ3n) is 3.47. The summed E-state index contributed by atoms with van der Waals surface area (Å²) in [7, 11) is -2.96. The molecular weight excluding hydrogens is 301 g/mol. The Morgan fingerprint density at radius 3 is 2.86 bits per heavy atom. The number of aliphatic hydroxyl groups excluding tert-OH is 1. The molecule has 0 radical (unpaired) electrons. The maximum Gasteiger partial charge on any atom is 0.339 e. The van der Waals surface area contributed by atoms with Gasteiger partial charge in [-0.15, -0.1) is 0 Å². The fraction of sp³-hybridized carbons (Fsp3) is 0.462. The van der Waals surface area contributed by atoms with Gasteiger partial charge in [-0.2, -0.15) is 4.31 Å². The number of hydrogen-bond acceptors (Lipinski definition) is 5. The van der Waals surface area contributed by atoms with Crippen LogP contribution in [0.2, 0.25) is 0 Å². The molecule has 0 aliphatic carbocycles. The summed E-state index contributed by atoms with van der Waals surface area (Å²) in [6.07, 6.45) is 1.13. The van der Waals surface area contributed by atoms with E-state index in [0.29, 0.717) is 12.8 Å². The highest BCUT2D eigenvalue weighted by molar-refractivity contribution is 7.89. The van der Waals surface area contributed by atoms with Crippen molar-refractivity contribution in [2.75, 3.05) is 20.3 Å². The first-order valence-electron chi connectivity index (χ1n) is 6.42. The molecule has 1 aliphatic heterocycles. The van der Waals surface area contributed by atoms with E-state index in [1.807, 2.05) is 0 Å². The van der Waals surface area contributed by atoms with Gasteiger partial charge < -0.3 is 9.84 Å². The zero-order chi connectivity index (χ0) is 15.6. The minimum absolute atomic E-state index is 0.220. The molecule has 1 aromatic rings. The topological polar surface area (TPSA) is 83.9 Å². The van der Waals surface area contributed by atoms with Crippen LogP contribution in [0.15, 0.2) is 23.1 Å². The number of esters is 1. The van der Waals surface area contributed by atoms with Gasteiger partial charge in [0.25, 0.3) is 0 Å². The van der Waals surface area contributed by atoms with Crippen LogP contribution >= 0.6 is 0 Å². The van der Waals surface area contributed by atoms with Gasteiger partial charge in [-0.05, 0) is 31.0 Å². The van der Waals surface area contributed by atoms with E-state index in [1.165, 1.54) is 0 Å². The highest BCUT2D eigenvalue weighted by Crippen LogP contribution is 2.28. The number of methoxy groups -OCH3 is 1. The first-order chi connectivity index (χ1) is 9.91. The predicted molar refractivity (Wildman–Crippen MR) is 71.7 cm³/mol. The lowest BCUT2D eigenvalue weighted by Gasteiger charge is -2.23. The fourth-order valence-corrected chi connectivity index (χ4v) is 4.30. The van der Waals surface area contributed by atoms with Gasteiger partial charge in [0.2, 0.25) is 10.0 Å². The average Bonchev–Trinajstić information content (AvgIpc) is 2.95. The Kier molecular flexibility index (Phi) is 4.60. The summed E-state index contributed by atoms with van der Waals surface area (Å²) in [6.45, 7) is -0.0905. The molecule has 0 amide bonds. The van der Waals surface area contributed by atoms with E-state index >= 15 is 0 Å². The summed E-state index contributed by atoms with van der Waals surface area (Å²) < 4.78 is 44.3. The number of nitrogens with zero attached hydrogens (tertiary/aromatic N) is 1. The summed E-state index contributed by atoms with van der Waals surface area (Å²) >= 11 is 0. The van der Waals surface area contributed by atoms with Crippen LogP contribution in [0.5, 0.6) is 0 Å². The van der Waals surface area contributed by atoms with Gasteiger partial charge in [0.05, 0.1) is 24.2 Å². The van der Waals surface area contributed by atoms with Crippen molar-refractivity contribution in [1.82, 2.24) is 4.31 Å². The molecule has 21 heavy (non-hydrogen) atoms. The number of benzene rings is 1. The van der Waals surface area contributed by atoms with Gasteiger partial charge in [0.1, 0.15) is 5.82 Å². The molecule has 0 unspecified atom stereocenters. The van der Waals surface area contributed by atoms with Gasteiger partial charge >= 0.3 is 5.97 Å². The van der Waals surface area contributed by atoms with Crippen LogP contribution in [0.1, 0.15) is 23.2 Å². The molecule has 0 spiro atoms. The van der Waals surface area contributed by atoms with Gasteiger partial charge in [-0.1, -0.05) is 0 Å². The monoisotopic (exact) mass is 317 g/mol. The number of hydrogen-bond donors (Lipinski definition) is 1. The third-order valence-corrected chi connectivity index (χ3v) is 5.46. The van der Waals surface area contributed by atoms with Crippen LogP contribution in [-0.4, -0.2) is 50.1 Å². The molecule has 1 aliphatic rings. The second kappa shape index (κ2) is 6.08. The average molecular weight is 317 g/mol. The molecule has 0 bridgehead atoms. The largest absolute Gasteiger partial charge is 0.465 e. The zero-order valence-electron chi connectivity index (χ0n) is 11.5. The number of rotatable bonds is 4. The molecule has 6 nitrogen and oxygen atoms in total. The van der Waals surface area contributed by atoms with E-state index in [1.54, 1.807) is 0 Å². The third kappa shape index (κ3) is 2.92. The van der Waals surface area contributed by atoms with Gasteiger partial charge in [-0.25, -0.2) is 17.6 Å². The normalized spacial score (nSPS) is 19.7. The van der Waals surface area contributed by atoms with E-state index in [9.17, 15) is 22.7 Å². The molecule has 1 fully saturated rings. The molecule has 116 valence electrons. The maximum absolute atomic E-state index is 13.4. The molecular formula is C13H16FNO5S. The Balaban J connectivity index is 2.53. The van der Waals surface area contributed by atoms with Crippen molar-refractivity contribution in [3.63, 3.8) is 0 Å². The second-order valence-corrected chi connectivity index (χ2v) is 6.59. The summed E-state index contributed by atoms with van der Waals surface area (Å²) in [4.78, 5) is 11.2. The molecule has 1 saturated heterocycles. The molecule has 2 rings (SSSR count). The SMILES string of the molecule is COC(=O)c1ccc(F)cc1S(=O)(=O)N1CCC[C@@H]1CO. The van der Waals surface area contributed by atoms with Crippen molar-refractivity contribution in [3.8, 4) is 0 Å². The first-order valence-corrected chi connectivity index (χ1v) is 7.86. The van der Waals surface area contributed by atoms with Crippen LogP contribution in [-0.2, 0) is 14.8 Å². The summed E-state index contributed by atoms with van der Waals surface area (Å²) in [6, 6.07) is 2.33.